The predicted octanol–water partition coefficient (Wildman–Crippen LogP) is 1.81. The van der Waals surface area contributed by atoms with Crippen LogP contribution in [0.25, 0.3) is 0 Å². The first-order chi connectivity index (χ1) is 8.74. The lowest BCUT2D eigenvalue weighted by atomic mass is 10.00. The fraction of sp³-hybridized carbons (Fsp3) is 0.857. The van der Waals surface area contributed by atoms with Crippen LogP contribution in [-0.4, -0.2) is 36.0 Å². The Hall–Kier alpha value is -1.08. The number of likely N-dealkylation sites (tertiary alicyclic amines) is 1. The van der Waals surface area contributed by atoms with E-state index in [1.54, 1.807) is 0 Å². The number of nitriles is 1. The zero-order valence-corrected chi connectivity index (χ0v) is 11.1. The smallest absolute Gasteiger partial charge is 0.235 e. The molecule has 18 heavy (non-hydrogen) atoms. The second kappa shape index (κ2) is 6.19. The minimum atomic E-state index is -0.567. The number of carbonyl (C=O) groups is 1. The summed E-state index contributed by atoms with van der Waals surface area (Å²) in [6.07, 6.45) is 8.67. The van der Waals surface area contributed by atoms with Gasteiger partial charge in [0.15, 0.2) is 0 Å². The molecule has 0 aromatic carbocycles. The lowest BCUT2D eigenvalue weighted by Crippen LogP contribution is -2.49. The van der Waals surface area contributed by atoms with Crippen molar-refractivity contribution in [2.45, 2.75) is 56.9 Å². The van der Waals surface area contributed by atoms with Crippen molar-refractivity contribution in [1.82, 2.24) is 10.2 Å². The minimum Gasteiger partial charge on any atom is -0.337 e. The second-order valence-electron chi connectivity index (χ2n) is 5.64. The van der Waals surface area contributed by atoms with E-state index in [0.717, 1.165) is 38.8 Å². The van der Waals surface area contributed by atoms with Gasteiger partial charge in [-0.3, -0.25) is 9.69 Å². The number of carbonyl (C=O) groups excluding carboxylic acids is 1. The third-order valence-electron chi connectivity index (χ3n) is 4.12. The molecule has 1 amide bonds. The van der Waals surface area contributed by atoms with E-state index in [4.69, 9.17) is 0 Å². The standard InChI is InChI=1S/C14H23N3O/c15-12-14(7-3-4-8-14)16-13(18)11-17-9-5-1-2-6-10-17/h1-11H2,(H,16,18). The van der Waals surface area contributed by atoms with Crippen LogP contribution in [0.1, 0.15) is 51.4 Å². The van der Waals surface area contributed by atoms with Gasteiger partial charge in [0.1, 0.15) is 5.54 Å². The largest absolute Gasteiger partial charge is 0.337 e. The van der Waals surface area contributed by atoms with Gasteiger partial charge in [-0.2, -0.15) is 5.26 Å². The van der Waals surface area contributed by atoms with Crippen LogP contribution in [0.5, 0.6) is 0 Å². The molecule has 1 aliphatic heterocycles. The Bertz CT molecular complexity index is 320. The van der Waals surface area contributed by atoms with Crippen LogP contribution in [0.2, 0.25) is 0 Å². The van der Waals surface area contributed by atoms with Crippen LogP contribution >= 0.6 is 0 Å². The van der Waals surface area contributed by atoms with Crippen LogP contribution in [0.3, 0.4) is 0 Å². The fourth-order valence-electron chi connectivity index (χ4n) is 3.05. The Morgan fingerprint density at radius 1 is 1.11 bits per heavy atom. The van der Waals surface area contributed by atoms with E-state index in [1.807, 2.05) is 0 Å². The molecular weight excluding hydrogens is 226 g/mol. The van der Waals surface area contributed by atoms with E-state index in [9.17, 15) is 10.1 Å². The molecular formula is C14H23N3O. The van der Waals surface area contributed by atoms with Gasteiger partial charge in [-0.25, -0.2) is 0 Å². The summed E-state index contributed by atoms with van der Waals surface area (Å²) in [7, 11) is 0. The Labute approximate surface area is 109 Å². The summed E-state index contributed by atoms with van der Waals surface area (Å²) >= 11 is 0. The van der Waals surface area contributed by atoms with E-state index in [-0.39, 0.29) is 5.91 Å². The molecule has 4 nitrogen and oxygen atoms in total. The summed E-state index contributed by atoms with van der Waals surface area (Å²) in [6.45, 7) is 2.50. The molecule has 4 heteroatoms. The molecule has 2 aliphatic rings. The highest BCUT2D eigenvalue weighted by atomic mass is 16.2. The molecule has 1 saturated carbocycles. The summed E-state index contributed by atoms with van der Waals surface area (Å²) in [5, 5.41) is 12.2. The normalized spacial score (nSPS) is 24.2. The number of hydrogen-bond donors (Lipinski definition) is 1. The van der Waals surface area contributed by atoms with Crippen molar-refractivity contribution < 1.29 is 4.79 Å². The first kappa shape index (κ1) is 13.4. The quantitative estimate of drug-likeness (QED) is 0.830. The third kappa shape index (κ3) is 3.46. The average Bonchev–Trinajstić information content (AvgIpc) is 2.67. The van der Waals surface area contributed by atoms with E-state index in [2.05, 4.69) is 16.3 Å². The summed E-state index contributed by atoms with van der Waals surface area (Å²) in [4.78, 5) is 14.3. The second-order valence-corrected chi connectivity index (χ2v) is 5.64. The molecule has 1 heterocycles. The topological polar surface area (TPSA) is 56.1 Å². The van der Waals surface area contributed by atoms with Gasteiger partial charge < -0.3 is 5.32 Å². The maximum absolute atomic E-state index is 12.0. The Balaban J connectivity index is 1.82. The van der Waals surface area contributed by atoms with E-state index >= 15 is 0 Å². The molecule has 0 spiro atoms. The maximum atomic E-state index is 12.0. The van der Waals surface area contributed by atoms with Gasteiger partial charge in [0.05, 0.1) is 12.6 Å². The van der Waals surface area contributed by atoms with E-state index < -0.39 is 5.54 Å². The molecule has 0 aromatic heterocycles. The van der Waals surface area contributed by atoms with Crippen molar-refractivity contribution in [3.05, 3.63) is 0 Å². The van der Waals surface area contributed by atoms with Gasteiger partial charge in [0.2, 0.25) is 5.91 Å². The maximum Gasteiger partial charge on any atom is 0.235 e. The summed E-state index contributed by atoms with van der Waals surface area (Å²) in [6, 6.07) is 2.31. The van der Waals surface area contributed by atoms with Crippen LogP contribution < -0.4 is 5.32 Å². The molecule has 2 rings (SSSR count). The summed E-state index contributed by atoms with van der Waals surface area (Å²) in [5.41, 5.74) is -0.567. The average molecular weight is 249 g/mol. The van der Waals surface area contributed by atoms with Crippen LogP contribution in [0.15, 0.2) is 0 Å². The van der Waals surface area contributed by atoms with E-state index in [1.165, 1.54) is 25.7 Å². The SMILES string of the molecule is N#CC1(NC(=O)CN2CCCCCC2)CCCC1. The van der Waals surface area contributed by atoms with Crippen molar-refractivity contribution in [2.24, 2.45) is 0 Å². The first-order valence-electron chi connectivity index (χ1n) is 7.19. The summed E-state index contributed by atoms with van der Waals surface area (Å²) in [5.74, 6) is 0.0281. The third-order valence-corrected chi connectivity index (χ3v) is 4.12. The summed E-state index contributed by atoms with van der Waals surface area (Å²) < 4.78 is 0. The lowest BCUT2D eigenvalue weighted by molar-refractivity contribution is -0.123. The van der Waals surface area contributed by atoms with Crippen LogP contribution in [-0.2, 0) is 4.79 Å². The number of nitrogens with one attached hydrogen (secondary N) is 1. The number of nitrogens with zero attached hydrogens (tertiary/aromatic N) is 2. The molecule has 1 aliphatic carbocycles. The van der Waals surface area contributed by atoms with E-state index in [0.29, 0.717) is 6.54 Å². The van der Waals surface area contributed by atoms with Gasteiger partial charge in [0, 0.05) is 0 Å². The minimum absolute atomic E-state index is 0.0281. The highest BCUT2D eigenvalue weighted by Crippen LogP contribution is 2.28. The predicted molar refractivity (Wildman–Crippen MR) is 69.9 cm³/mol. The molecule has 0 atom stereocenters. The highest BCUT2D eigenvalue weighted by molar-refractivity contribution is 5.79. The van der Waals surface area contributed by atoms with Crippen molar-refractivity contribution in [3.63, 3.8) is 0 Å². The van der Waals surface area contributed by atoms with Crippen molar-refractivity contribution in [1.29, 1.82) is 5.26 Å². The fourth-order valence-corrected chi connectivity index (χ4v) is 3.05. The zero-order valence-electron chi connectivity index (χ0n) is 11.1. The Morgan fingerprint density at radius 3 is 2.28 bits per heavy atom. The van der Waals surface area contributed by atoms with Crippen molar-refractivity contribution >= 4 is 5.91 Å². The van der Waals surface area contributed by atoms with Crippen LogP contribution in [0, 0.1) is 11.3 Å². The van der Waals surface area contributed by atoms with Gasteiger partial charge in [-0.1, -0.05) is 12.8 Å². The number of amides is 1. The molecule has 1 saturated heterocycles. The van der Waals surface area contributed by atoms with Gasteiger partial charge >= 0.3 is 0 Å². The Morgan fingerprint density at radius 2 is 1.72 bits per heavy atom. The molecule has 1 N–H and O–H groups in total. The molecule has 100 valence electrons. The molecule has 0 aromatic rings. The van der Waals surface area contributed by atoms with Crippen molar-refractivity contribution in [2.75, 3.05) is 19.6 Å². The Kier molecular flexibility index (Phi) is 4.60. The zero-order chi connectivity index (χ0) is 12.8. The highest BCUT2D eigenvalue weighted by Gasteiger charge is 2.35. The number of rotatable bonds is 3. The molecule has 0 radical (unpaired) electrons. The molecule has 0 bridgehead atoms. The van der Waals surface area contributed by atoms with Gasteiger partial charge in [-0.15, -0.1) is 0 Å². The van der Waals surface area contributed by atoms with Gasteiger partial charge in [-0.05, 0) is 51.6 Å². The number of hydrogen-bond acceptors (Lipinski definition) is 3. The molecule has 0 unspecified atom stereocenters. The first-order valence-corrected chi connectivity index (χ1v) is 7.19. The monoisotopic (exact) mass is 249 g/mol. The van der Waals surface area contributed by atoms with Crippen LogP contribution in [0.4, 0.5) is 0 Å². The van der Waals surface area contributed by atoms with Crippen molar-refractivity contribution in [3.8, 4) is 6.07 Å². The molecule has 2 fully saturated rings. The van der Waals surface area contributed by atoms with Gasteiger partial charge in [0.25, 0.3) is 0 Å². The lowest BCUT2D eigenvalue weighted by Gasteiger charge is -2.25.